The topological polar surface area (TPSA) is 54.1 Å². The summed E-state index contributed by atoms with van der Waals surface area (Å²) in [6, 6.07) is 6.24. The molecule has 1 heterocycles. The minimum Gasteiger partial charge on any atom is -0.497 e. The maximum Gasteiger partial charge on any atom is 0.220 e. The summed E-state index contributed by atoms with van der Waals surface area (Å²) >= 11 is 0. The SMILES string of the molecule is CCCCCCCCCC(=O)NC(CC)Cc1c[nH]c2ccc(OC)cc12. The lowest BCUT2D eigenvalue weighted by atomic mass is 10.0. The number of nitrogens with one attached hydrogen (secondary N) is 2. The van der Waals surface area contributed by atoms with Crippen molar-refractivity contribution in [1.29, 1.82) is 0 Å². The molecular weight excluding hydrogens is 336 g/mol. The van der Waals surface area contributed by atoms with Crippen LogP contribution in [0.15, 0.2) is 24.4 Å². The molecule has 1 aromatic heterocycles. The van der Waals surface area contributed by atoms with E-state index >= 15 is 0 Å². The predicted octanol–water partition coefficient (Wildman–Crippen LogP) is 5.75. The molecule has 4 heteroatoms. The molecule has 0 radical (unpaired) electrons. The van der Waals surface area contributed by atoms with Crippen molar-refractivity contribution < 1.29 is 9.53 Å². The van der Waals surface area contributed by atoms with Gasteiger partial charge >= 0.3 is 0 Å². The maximum atomic E-state index is 12.3. The van der Waals surface area contributed by atoms with Crippen LogP contribution in [0.4, 0.5) is 0 Å². The second-order valence-corrected chi connectivity index (χ2v) is 7.47. The third kappa shape index (κ3) is 6.93. The quantitative estimate of drug-likeness (QED) is 0.440. The van der Waals surface area contributed by atoms with Gasteiger partial charge in [-0.15, -0.1) is 0 Å². The molecule has 2 aromatic rings. The Morgan fingerprint density at radius 3 is 2.56 bits per heavy atom. The highest BCUT2D eigenvalue weighted by Gasteiger charge is 2.14. The van der Waals surface area contributed by atoms with E-state index in [1.54, 1.807) is 7.11 Å². The minimum atomic E-state index is 0.173. The Balaban J connectivity index is 1.79. The summed E-state index contributed by atoms with van der Waals surface area (Å²) in [6.07, 6.45) is 13.1. The van der Waals surface area contributed by atoms with Crippen molar-refractivity contribution in [3.05, 3.63) is 30.0 Å². The highest BCUT2D eigenvalue weighted by atomic mass is 16.5. The third-order valence-electron chi connectivity index (χ3n) is 5.31. The zero-order valence-electron chi connectivity index (χ0n) is 17.3. The van der Waals surface area contributed by atoms with E-state index < -0.39 is 0 Å². The highest BCUT2D eigenvalue weighted by Crippen LogP contribution is 2.25. The standard InChI is InChI=1S/C23H36N2O2/c1-4-6-7-8-9-10-11-12-23(26)25-19(5-2)15-18-17-24-22-14-13-20(27-3)16-21(18)22/h13-14,16-17,19,24H,4-12,15H2,1-3H3,(H,25,26). The molecule has 4 nitrogen and oxygen atoms in total. The number of rotatable bonds is 13. The predicted molar refractivity (Wildman–Crippen MR) is 113 cm³/mol. The Bertz CT molecular complexity index is 693. The first kappa shape index (κ1) is 21.3. The van der Waals surface area contributed by atoms with E-state index in [9.17, 15) is 4.79 Å². The number of aromatic amines is 1. The molecule has 0 saturated carbocycles. The van der Waals surface area contributed by atoms with Gasteiger partial charge in [0, 0.05) is 29.6 Å². The molecule has 0 aliphatic carbocycles. The summed E-state index contributed by atoms with van der Waals surface area (Å²) in [5.41, 5.74) is 2.34. The number of aromatic nitrogens is 1. The molecule has 0 aliphatic heterocycles. The van der Waals surface area contributed by atoms with Crippen molar-refractivity contribution >= 4 is 16.8 Å². The first-order chi connectivity index (χ1) is 13.2. The van der Waals surface area contributed by atoms with E-state index in [0.29, 0.717) is 6.42 Å². The molecule has 27 heavy (non-hydrogen) atoms. The van der Waals surface area contributed by atoms with Gasteiger partial charge in [0.2, 0.25) is 5.91 Å². The molecule has 0 fully saturated rings. The molecule has 1 aromatic carbocycles. The van der Waals surface area contributed by atoms with Gasteiger partial charge in [-0.3, -0.25) is 4.79 Å². The molecule has 2 N–H and O–H groups in total. The fourth-order valence-corrected chi connectivity index (χ4v) is 3.56. The van der Waals surface area contributed by atoms with Crippen molar-refractivity contribution in [2.24, 2.45) is 0 Å². The summed E-state index contributed by atoms with van der Waals surface area (Å²) < 4.78 is 5.34. The van der Waals surface area contributed by atoms with E-state index in [2.05, 4.69) is 36.4 Å². The average molecular weight is 373 g/mol. The average Bonchev–Trinajstić information content (AvgIpc) is 3.08. The Kier molecular flexibility index (Phi) is 9.23. The lowest BCUT2D eigenvalue weighted by Crippen LogP contribution is -2.35. The Hall–Kier alpha value is -1.97. The molecule has 150 valence electrons. The van der Waals surface area contributed by atoms with E-state index in [0.717, 1.165) is 36.9 Å². The van der Waals surface area contributed by atoms with E-state index in [4.69, 9.17) is 4.74 Å². The summed E-state index contributed by atoms with van der Waals surface area (Å²) in [5, 5.41) is 4.40. The second kappa shape index (κ2) is 11.7. The van der Waals surface area contributed by atoms with Gasteiger partial charge in [-0.2, -0.15) is 0 Å². The number of carbonyl (C=O) groups excluding carboxylic acids is 1. The van der Waals surface area contributed by atoms with Crippen LogP contribution >= 0.6 is 0 Å². The van der Waals surface area contributed by atoms with Gasteiger partial charge < -0.3 is 15.0 Å². The van der Waals surface area contributed by atoms with Crippen LogP contribution in [0.5, 0.6) is 5.75 Å². The van der Waals surface area contributed by atoms with Crippen LogP contribution < -0.4 is 10.1 Å². The van der Waals surface area contributed by atoms with Gasteiger partial charge in [0.15, 0.2) is 0 Å². The van der Waals surface area contributed by atoms with Crippen molar-refractivity contribution in [2.45, 2.75) is 84.1 Å². The van der Waals surface area contributed by atoms with Crippen LogP contribution in [0.1, 0.15) is 77.2 Å². The number of hydrogen-bond donors (Lipinski definition) is 2. The number of hydrogen-bond acceptors (Lipinski definition) is 2. The minimum absolute atomic E-state index is 0.173. The molecule has 1 amide bonds. The zero-order chi connectivity index (χ0) is 19.5. The van der Waals surface area contributed by atoms with Crippen LogP contribution in [0.25, 0.3) is 10.9 Å². The van der Waals surface area contributed by atoms with Gasteiger partial charge in [-0.05, 0) is 43.0 Å². The number of amides is 1. The van der Waals surface area contributed by atoms with Crippen LogP contribution in [0.2, 0.25) is 0 Å². The molecule has 1 atom stereocenters. The monoisotopic (exact) mass is 372 g/mol. The van der Waals surface area contributed by atoms with Crippen LogP contribution in [-0.2, 0) is 11.2 Å². The van der Waals surface area contributed by atoms with Crippen LogP contribution in [0, 0.1) is 0 Å². The largest absolute Gasteiger partial charge is 0.497 e. The Labute approximate surface area is 164 Å². The van der Waals surface area contributed by atoms with Crippen molar-refractivity contribution in [3.63, 3.8) is 0 Å². The van der Waals surface area contributed by atoms with Crippen molar-refractivity contribution in [3.8, 4) is 5.75 Å². The zero-order valence-corrected chi connectivity index (χ0v) is 17.3. The first-order valence-corrected chi connectivity index (χ1v) is 10.6. The van der Waals surface area contributed by atoms with Crippen LogP contribution in [-0.4, -0.2) is 24.0 Å². The molecule has 0 saturated heterocycles. The van der Waals surface area contributed by atoms with Gasteiger partial charge in [0.25, 0.3) is 0 Å². The summed E-state index contributed by atoms with van der Waals surface area (Å²) in [4.78, 5) is 15.6. The molecule has 2 rings (SSSR count). The van der Waals surface area contributed by atoms with Gasteiger partial charge in [-0.1, -0.05) is 52.4 Å². The normalized spacial score (nSPS) is 12.3. The highest BCUT2D eigenvalue weighted by molar-refractivity contribution is 5.84. The van der Waals surface area contributed by atoms with Crippen molar-refractivity contribution in [1.82, 2.24) is 10.3 Å². The first-order valence-electron chi connectivity index (χ1n) is 10.6. The molecule has 1 unspecified atom stereocenters. The van der Waals surface area contributed by atoms with E-state index in [1.807, 2.05) is 12.1 Å². The number of fused-ring (bicyclic) bond motifs is 1. The lowest BCUT2D eigenvalue weighted by molar-refractivity contribution is -0.121. The molecule has 0 aliphatic rings. The van der Waals surface area contributed by atoms with Gasteiger partial charge in [0.05, 0.1) is 7.11 Å². The Morgan fingerprint density at radius 1 is 1.11 bits per heavy atom. The number of unbranched alkanes of at least 4 members (excludes halogenated alkanes) is 6. The summed E-state index contributed by atoms with van der Waals surface area (Å²) in [6.45, 7) is 4.37. The smallest absolute Gasteiger partial charge is 0.220 e. The molecule has 0 bridgehead atoms. The Morgan fingerprint density at radius 2 is 1.85 bits per heavy atom. The second-order valence-electron chi connectivity index (χ2n) is 7.47. The van der Waals surface area contributed by atoms with Gasteiger partial charge in [-0.25, -0.2) is 0 Å². The maximum absolute atomic E-state index is 12.3. The number of carbonyl (C=O) groups is 1. The summed E-state index contributed by atoms with van der Waals surface area (Å²) in [7, 11) is 1.69. The fraction of sp³-hybridized carbons (Fsp3) is 0.609. The van der Waals surface area contributed by atoms with Gasteiger partial charge in [0.1, 0.15) is 5.75 Å². The number of H-pyrrole nitrogens is 1. The molecular formula is C23H36N2O2. The summed E-state index contributed by atoms with van der Waals surface area (Å²) in [5.74, 6) is 1.05. The fourth-order valence-electron chi connectivity index (χ4n) is 3.56. The van der Waals surface area contributed by atoms with E-state index in [-0.39, 0.29) is 11.9 Å². The molecule has 0 spiro atoms. The lowest BCUT2D eigenvalue weighted by Gasteiger charge is -2.17. The third-order valence-corrected chi connectivity index (χ3v) is 5.31. The van der Waals surface area contributed by atoms with Crippen LogP contribution in [0.3, 0.4) is 0 Å². The van der Waals surface area contributed by atoms with E-state index in [1.165, 1.54) is 43.1 Å². The number of benzene rings is 1. The number of ether oxygens (including phenoxy) is 1. The van der Waals surface area contributed by atoms with Crippen molar-refractivity contribution in [2.75, 3.05) is 7.11 Å². The number of methoxy groups -OCH3 is 1.